The molecule has 0 bridgehead atoms. The lowest BCUT2D eigenvalue weighted by atomic mass is 10.1. The molecule has 1 amide bonds. The number of amides is 1. The Balaban J connectivity index is 2.24. The van der Waals surface area contributed by atoms with Gasteiger partial charge in [-0.25, -0.2) is 4.79 Å². The summed E-state index contributed by atoms with van der Waals surface area (Å²) in [5, 5.41) is 10.7. The van der Waals surface area contributed by atoms with E-state index < -0.39 is 16.9 Å². The number of non-ortho nitro benzene ring substituents is 1. The lowest BCUT2D eigenvalue weighted by Gasteiger charge is -2.22. The molecule has 1 heterocycles. The van der Waals surface area contributed by atoms with Crippen molar-refractivity contribution >= 4 is 17.6 Å². The van der Waals surface area contributed by atoms with E-state index >= 15 is 0 Å². The minimum Gasteiger partial charge on any atom is -0.467 e. The Morgan fingerprint density at radius 1 is 1.45 bits per heavy atom. The molecule has 1 saturated heterocycles. The summed E-state index contributed by atoms with van der Waals surface area (Å²) in [7, 11) is 1.27. The molecule has 0 aromatic heterocycles. The summed E-state index contributed by atoms with van der Waals surface area (Å²) in [4.78, 5) is 35.5. The molecule has 0 spiro atoms. The summed E-state index contributed by atoms with van der Waals surface area (Å²) in [5.41, 5.74) is 0.0552. The Hall–Kier alpha value is -2.44. The molecule has 1 aromatic carbocycles. The predicted molar refractivity (Wildman–Crippen MR) is 69.2 cm³/mol. The molecule has 1 fully saturated rings. The van der Waals surface area contributed by atoms with Crippen LogP contribution in [0.5, 0.6) is 0 Å². The first-order valence-electron chi connectivity index (χ1n) is 6.18. The summed E-state index contributed by atoms with van der Waals surface area (Å²) in [6.45, 7) is 0.446. The largest absolute Gasteiger partial charge is 0.467 e. The maximum absolute atomic E-state index is 12.3. The summed E-state index contributed by atoms with van der Waals surface area (Å²) < 4.78 is 4.67. The van der Waals surface area contributed by atoms with Gasteiger partial charge in [-0.15, -0.1) is 0 Å². The van der Waals surface area contributed by atoms with Gasteiger partial charge in [0.2, 0.25) is 0 Å². The second-order valence-electron chi connectivity index (χ2n) is 4.49. The van der Waals surface area contributed by atoms with E-state index in [1.165, 1.54) is 36.3 Å². The molecule has 106 valence electrons. The van der Waals surface area contributed by atoms with Crippen LogP contribution in [0.25, 0.3) is 0 Å². The summed E-state index contributed by atoms with van der Waals surface area (Å²) in [5.74, 6) is -0.845. The summed E-state index contributed by atoms with van der Waals surface area (Å²) in [6.07, 6.45) is 1.26. The highest BCUT2D eigenvalue weighted by molar-refractivity contribution is 5.97. The Bertz CT molecular complexity index is 557. The zero-order valence-corrected chi connectivity index (χ0v) is 10.9. The fraction of sp³-hybridized carbons (Fsp3) is 0.385. The number of methoxy groups -OCH3 is 1. The van der Waals surface area contributed by atoms with Crippen molar-refractivity contribution in [3.63, 3.8) is 0 Å². The third kappa shape index (κ3) is 2.61. The molecular formula is C13H14N2O5. The zero-order chi connectivity index (χ0) is 14.7. The van der Waals surface area contributed by atoms with Crippen LogP contribution in [0.4, 0.5) is 5.69 Å². The Morgan fingerprint density at radius 2 is 2.20 bits per heavy atom. The molecule has 1 unspecified atom stereocenters. The van der Waals surface area contributed by atoms with Gasteiger partial charge in [0, 0.05) is 24.2 Å². The monoisotopic (exact) mass is 278 g/mol. The van der Waals surface area contributed by atoms with Gasteiger partial charge in [-0.05, 0) is 18.9 Å². The maximum atomic E-state index is 12.3. The van der Waals surface area contributed by atoms with Crippen molar-refractivity contribution in [3.8, 4) is 0 Å². The summed E-state index contributed by atoms with van der Waals surface area (Å²) >= 11 is 0. The average Bonchev–Trinajstić information content (AvgIpc) is 2.95. The van der Waals surface area contributed by atoms with Gasteiger partial charge in [0.05, 0.1) is 12.0 Å². The van der Waals surface area contributed by atoms with E-state index in [1.807, 2.05) is 0 Å². The van der Waals surface area contributed by atoms with Crippen LogP contribution in [0.15, 0.2) is 24.3 Å². The standard InChI is InChI=1S/C13H14N2O5/c1-20-13(17)11-6-3-7-14(11)12(16)9-4-2-5-10(8-9)15(18)19/h2,4-5,8,11H,3,6-7H2,1H3. The topological polar surface area (TPSA) is 89.8 Å². The number of nitrogens with zero attached hydrogens (tertiary/aromatic N) is 2. The number of carbonyl (C=O) groups is 2. The first kappa shape index (κ1) is 14.0. The van der Waals surface area contributed by atoms with Crippen molar-refractivity contribution in [2.45, 2.75) is 18.9 Å². The predicted octanol–water partition coefficient (Wildman–Crippen LogP) is 1.37. The zero-order valence-electron chi connectivity index (χ0n) is 10.9. The molecule has 0 radical (unpaired) electrons. The van der Waals surface area contributed by atoms with Crippen molar-refractivity contribution in [3.05, 3.63) is 39.9 Å². The fourth-order valence-electron chi connectivity index (χ4n) is 2.31. The molecule has 0 N–H and O–H groups in total. The Morgan fingerprint density at radius 3 is 2.85 bits per heavy atom. The molecule has 1 aliphatic rings. The van der Waals surface area contributed by atoms with E-state index in [4.69, 9.17) is 0 Å². The van der Waals surface area contributed by atoms with Crippen molar-refractivity contribution < 1.29 is 19.2 Å². The SMILES string of the molecule is COC(=O)C1CCCN1C(=O)c1cccc([N+](=O)[O-])c1. The van der Waals surface area contributed by atoms with Gasteiger partial charge < -0.3 is 9.64 Å². The van der Waals surface area contributed by atoms with Gasteiger partial charge in [0.25, 0.3) is 11.6 Å². The van der Waals surface area contributed by atoms with Crippen LogP contribution in [0, 0.1) is 10.1 Å². The van der Waals surface area contributed by atoms with Crippen molar-refractivity contribution in [2.75, 3.05) is 13.7 Å². The lowest BCUT2D eigenvalue weighted by molar-refractivity contribution is -0.384. The van der Waals surface area contributed by atoms with Gasteiger partial charge >= 0.3 is 5.97 Å². The van der Waals surface area contributed by atoms with Crippen molar-refractivity contribution in [1.82, 2.24) is 4.90 Å². The van der Waals surface area contributed by atoms with Crippen LogP contribution in [0.2, 0.25) is 0 Å². The van der Waals surface area contributed by atoms with Crippen molar-refractivity contribution in [1.29, 1.82) is 0 Å². The molecular weight excluding hydrogens is 264 g/mol. The number of nitro groups is 1. The molecule has 2 rings (SSSR count). The van der Waals surface area contributed by atoms with Crippen LogP contribution in [0.3, 0.4) is 0 Å². The van der Waals surface area contributed by atoms with E-state index in [1.54, 1.807) is 0 Å². The van der Waals surface area contributed by atoms with Gasteiger partial charge in [0.1, 0.15) is 6.04 Å². The summed E-state index contributed by atoms with van der Waals surface area (Å²) in [6, 6.07) is 4.89. The van der Waals surface area contributed by atoms with Gasteiger partial charge in [-0.1, -0.05) is 6.07 Å². The molecule has 1 aliphatic heterocycles. The first-order chi connectivity index (χ1) is 9.54. The molecule has 1 aromatic rings. The van der Waals surface area contributed by atoms with Crippen LogP contribution in [-0.4, -0.2) is 41.4 Å². The van der Waals surface area contributed by atoms with E-state index in [-0.39, 0.29) is 17.2 Å². The number of nitro benzene ring substituents is 1. The van der Waals surface area contributed by atoms with Crippen LogP contribution >= 0.6 is 0 Å². The highest BCUT2D eigenvalue weighted by atomic mass is 16.6. The number of esters is 1. The van der Waals surface area contributed by atoms with Crippen LogP contribution in [0.1, 0.15) is 23.2 Å². The normalized spacial score (nSPS) is 17.9. The van der Waals surface area contributed by atoms with E-state index in [0.29, 0.717) is 19.4 Å². The molecule has 7 nitrogen and oxygen atoms in total. The molecule has 0 saturated carbocycles. The average molecular weight is 278 g/mol. The van der Waals surface area contributed by atoms with Crippen LogP contribution in [-0.2, 0) is 9.53 Å². The van der Waals surface area contributed by atoms with E-state index in [2.05, 4.69) is 4.74 Å². The highest BCUT2D eigenvalue weighted by Gasteiger charge is 2.35. The van der Waals surface area contributed by atoms with Crippen LogP contribution < -0.4 is 0 Å². The smallest absolute Gasteiger partial charge is 0.328 e. The molecule has 7 heteroatoms. The fourth-order valence-corrected chi connectivity index (χ4v) is 2.31. The first-order valence-corrected chi connectivity index (χ1v) is 6.18. The molecule has 1 atom stereocenters. The highest BCUT2D eigenvalue weighted by Crippen LogP contribution is 2.22. The van der Waals surface area contributed by atoms with Gasteiger partial charge in [-0.3, -0.25) is 14.9 Å². The number of hydrogen-bond acceptors (Lipinski definition) is 5. The minimum absolute atomic E-state index is 0.148. The Labute approximate surface area is 115 Å². The third-order valence-corrected chi connectivity index (χ3v) is 3.29. The second-order valence-corrected chi connectivity index (χ2v) is 4.49. The second kappa shape index (κ2) is 5.68. The number of likely N-dealkylation sites (tertiary alicyclic amines) is 1. The molecule has 20 heavy (non-hydrogen) atoms. The number of rotatable bonds is 3. The molecule has 0 aliphatic carbocycles. The number of ether oxygens (including phenoxy) is 1. The number of hydrogen-bond donors (Lipinski definition) is 0. The maximum Gasteiger partial charge on any atom is 0.328 e. The number of benzene rings is 1. The number of carbonyl (C=O) groups excluding carboxylic acids is 2. The third-order valence-electron chi connectivity index (χ3n) is 3.29. The van der Waals surface area contributed by atoms with Gasteiger partial charge in [-0.2, -0.15) is 0 Å². The van der Waals surface area contributed by atoms with Crippen molar-refractivity contribution in [2.24, 2.45) is 0 Å². The minimum atomic E-state index is -0.605. The van der Waals surface area contributed by atoms with Gasteiger partial charge in [0.15, 0.2) is 0 Å². The Kier molecular flexibility index (Phi) is 3.97. The lowest BCUT2D eigenvalue weighted by Crippen LogP contribution is -2.41. The quantitative estimate of drug-likeness (QED) is 0.473. The van der Waals surface area contributed by atoms with E-state index in [9.17, 15) is 19.7 Å². The van der Waals surface area contributed by atoms with E-state index in [0.717, 1.165) is 0 Å².